The van der Waals surface area contributed by atoms with E-state index in [1.165, 1.54) is 12.1 Å². The summed E-state index contributed by atoms with van der Waals surface area (Å²) in [5.74, 6) is 0.0576. The molecule has 0 fully saturated rings. The van der Waals surface area contributed by atoms with Gasteiger partial charge in [-0.2, -0.15) is 21.6 Å². The van der Waals surface area contributed by atoms with Crippen molar-refractivity contribution in [2.24, 2.45) is 5.92 Å². The average Bonchev–Trinajstić information content (AvgIpc) is 2.79. The smallest absolute Gasteiger partial charge is 0.379 e. The third-order valence-electron chi connectivity index (χ3n) is 5.12. The van der Waals surface area contributed by atoms with Gasteiger partial charge in [-0.15, -0.1) is 0 Å². The second kappa shape index (κ2) is 10.5. The summed E-state index contributed by atoms with van der Waals surface area (Å²) in [6.45, 7) is 6.77. The van der Waals surface area contributed by atoms with Crippen LogP contribution in [-0.2, 0) is 22.8 Å². The lowest BCUT2D eigenvalue weighted by Crippen LogP contribution is -2.33. The van der Waals surface area contributed by atoms with E-state index in [1.807, 2.05) is 32.9 Å². The number of hydrogen-bond donors (Lipinski definition) is 0. The minimum Gasteiger partial charge on any atom is -0.379 e. The Kier molecular flexibility index (Phi) is 7.90. The van der Waals surface area contributed by atoms with E-state index in [0.717, 1.165) is 29.3 Å². The van der Waals surface area contributed by atoms with Crippen molar-refractivity contribution in [2.45, 2.75) is 38.4 Å². The summed E-state index contributed by atoms with van der Waals surface area (Å²) in [5.41, 5.74) is 1.28. The molecule has 0 radical (unpaired) electrons. The van der Waals surface area contributed by atoms with Gasteiger partial charge in [0.2, 0.25) is 0 Å². The largest absolute Gasteiger partial charge is 0.416 e. The predicted octanol–water partition coefficient (Wildman–Crippen LogP) is 6.08. The van der Waals surface area contributed by atoms with E-state index in [0.29, 0.717) is 24.7 Å². The molecule has 0 unspecified atom stereocenters. The van der Waals surface area contributed by atoms with Crippen LogP contribution in [0.4, 0.5) is 13.2 Å². The second-order valence-electron chi connectivity index (χ2n) is 8.65. The van der Waals surface area contributed by atoms with Gasteiger partial charge in [0, 0.05) is 18.7 Å². The summed E-state index contributed by atoms with van der Waals surface area (Å²) < 4.78 is 68.8. The topological polar surface area (TPSA) is 63.7 Å². The molecule has 0 saturated heterocycles. The lowest BCUT2D eigenvalue weighted by atomic mass is 10.1. The number of halogens is 3. The number of aryl methyl sites for hydroxylation is 1. The van der Waals surface area contributed by atoms with E-state index in [9.17, 15) is 26.4 Å². The summed E-state index contributed by atoms with van der Waals surface area (Å²) in [6, 6.07) is 16.7. The molecule has 0 aliphatic carbocycles. The van der Waals surface area contributed by atoms with Crippen LogP contribution < -0.4 is 4.18 Å². The normalized spacial score (nSPS) is 12.0. The summed E-state index contributed by atoms with van der Waals surface area (Å²) in [6.07, 6.45) is -4.68. The number of benzene rings is 3. The van der Waals surface area contributed by atoms with E-state index in [4.69, 9.17) is 4.18 Å². The van der Waals surface area contributed by atoms with E-state index < -0.39 is 26.8 Å². The second-order valence-corrected chi connectivity index (χ2v) is 10.2. The SMILES string of the molecule is Cc1ccc(C(=O)N(Cc2ccc(OS(=O)(=O)c3cccc(C(F)(F)F)c3)cc2)CC(C)C)cc1. The molecular weight excluding hydrogens is 479 g/mol. The van der Waals surface area contributed by atoms with Crippen LogP contribution in [0.25, 0.3) is 0 Å². The number of rotatable bonds is 8. The molecule has 5 nitrogen and oxygen atoms in total. The Morgan fingerprint density at radius 3 is 2.17 bits per heavy atom. The van der Waals surface area contributed by atoms with Crippen molar-refractivity contribution in [3.8, 4) is 5.75 Å². The number of carbonyl (C=O) groups is 1. The third-order valence-corrected chi connectivity index (χ3v) is 6.37. The Labute approximate surface area is 203 Å². The highest BCUT2D eigenvalue weighted by molar-refractivity contribution is 7.87. The Bertz CT molecular complexity index is 1270. The molecule has 0 bridgehead atoms. The zero-order chi connectivity index (χ0) is 25.8. The molecule has 0 aliphatic heterocycles. The van der Waals surface area contributed by atoms with Gasteiger partial charge in [0.05, 0.1) is 5.56 Å². The molecule has 0 aliphatic rings. The number of carbonyl (C=O) groups excluding carboxylic acids is 1. The Morgan fingerprint density at radius 2 is 1.60 bits per heavy atom. The van der Waals surface area contributed by atoms with Crippen LogP contribution in [0.15, 0.2) is 77.7 Å². The first-order valence-corrected chi connectivity index (χ1v) is 12.3. The van der Waals surface area contributed by atoms with E-state index in [1.54, 1.807) is 29.2 Å². The van der Waals surface area contributed by atoms with Crippen molar-refractivity contribution in [2.75, 3.05) is 6.54 Å². The van der Waals surface area contributed by atoms with Crippen LogP contribution in [0.1, 0.15) is 40.9 Å². The van der Waals surface area contributed by atoms with E-state index in [-0.39, 0.29) is 17.6 Å². The zero-order valence-corrected chi connectivity index (χ0v) is 20.4. The first-order chi connectivity index (χ1) is 16.3. The maximum Gasteiger partial charge on any atom is 0.416 e. The fourth-order valence-corrected chi connectivity index (χ4v) is 4.39. The molecule has 3 aromatic rings. The number of alkyl halides is 3. The van der Waals surface area contributed by atoms with Crippen molar-refractivity contribution in [3.63, 3.8) is 0 Å². The highest BCUT2D eigenvalue weighted by Gasteiger charge is 2.32. The maximum atomic E-state index is 13.0. The minimum atomic E-state index is -4.68. The molecule has 3 rings (SSSR count). The van der Waals surface area contributed by atoms with E-state index >= 15 is 0 Å². The lowest BCUT2D eigenvalue weighted by molar-refractivity contribution is -0.137. The number of hydrogen-bond acceptors (Lipinski definition) is 4. The van der Waals surface area contributed by atoms with Crippen LogP contribution >= 0.6 is 0 Å². The molecule has 1 amide bonds. The molecule has 186 valence electrons. The molecule has 0 heterocycles. The van der Waals surface area contributed by atoms with Gasteiger partial charge in [0.25, 0.3) is 5.91 Å². The lowest BCUT2D eigenvalue weighted by Gasteiger charge is -2.25. The van der Waals surface area contributed by atoms with Crippen molar-refractivity contribution >= 4 is 16.0 Å². The molecule has 9 heteroatoms. The highest BCUT2D eigenvalue weighted by Crippen LogP contribution is 2.31. The summed E-state index contributed by atoms with van der Waals surface area (Å²) in [5, 5.41) is 0. The Morgan fingerprint density at radius 1 is 0.971 bits per heavy atom. The fourth-order valence-electron chi connectivity index (χ4n) is 3.41. The minimum absolute atomic E-state index is 0.0496. The van der Waals surface area contributed by atoms with Gasteiger partial charge in [-0.3, -0.25) is 4.79 Å². The zero-order valence-electron chi connectivity index (χ0n) is 19.5. The fraction of sp³-hybridized carbons (Fsp3) is 0.269. The van der Waals surface area contributed by atoms with Gasteiger partial charge in [0.15, 0.2) is 0 Å². The van der Waals surface area contributed by atoms with Crippen molar-refractivity contribution in [1.82, 2.24) is 4.90 Å². The van der Waals surface area contributed by atoms with Crippen molar-refractivity contribution in [1.29, 1.82) is 0 Å². The summed E-state index contributed by atoms with van der Waals surface area (Å²) >= 11 is 0. The molecule has 0 N–H and O–H groups in total. The highest BCUT2D eigenvalue weighted by atomic mass is 32.2. The van der Waals surface area contributed by atoms with Crippen LogP contribution in [0.3, 0.4) is 0 Å². The predicted molar refractivity (Wildman–Crippen MR) is 126 cm³/mol. The first-order valence-electron chi connectivity index (χ1n) is 10.9. The third kappa shape index (κ3) is 7.08. The van der Waals surface area contributed by atoms with Gasteiger partial charge in [-0.05, 0) is 60.9 Å². The number of nitrogens with zero attached hydrogens (tertiary/aromatic N) is 1. The molecule has 0 atom stereocenters. The molecule has 3 aromatic carbocycles. The van der Waals surface area contributed by atoms with E-state index in [2.05, 4.69) is 0 Å². The maximum absolute atomic E-state index is 13.0. The molecule has 0 saturated carbocycles. The van der Waals surface area contributed by atoms with Gasteiger partial charge in [-0.1, -0.05) is 49.7 Å². The Balaban J connectivity index is 1.75. The molecule has 0 spiro atoms. The van der Waals surface area contributed by atoms with Crippen LogP contribution in [0.2, 0.25) is 0 Å². The van der Waals surface area contributed by atoms with Gasteiger partial charge in [-0.25, -0.2) is 0 Å². The molecule has 0 aromatic heterocycles. The van der Waals surface area contributed by atoms with Gasteiger partial charge >= 0.3 is 16.3 Å². The Hall–Kier alpha value is -3.33. The quantitative estimate of drug-likeness (QED) is 0.348. The van der Waals surface area contributed by atoms with Crippen molar-refractivity contribution < 1.29 is 30.6 Å². The average molecular weight is 506 g/mol. The summed E-state index contributed by atoms with van der Waals surface area (Å²) in [4.78, 5) is 14.2. The van der Waals surface area contributed by atoms with Crippen LogP contribution in [-0.4, -0.2) is 25.8 Å². The monoisotopic (exact) mass is 505 g/mol. The molecular formula is C26H26F3NO4S. The van der Waals surface area contributed by atoms with Gasteiger partial charge < -0.3 is 9.08 Å². The van der Waals surface area contributed by atoms with Crippen molar-refractivity contribution in [3.05, 3.63) is 95.1 Å². The van der Waals surface area contributed by atoms with Gasteiger partial charge in [0.1, 0.15) is 10.6 Å². The summed E-state index contributed by atoms with van der Waals surface area (Å²) in [7, 11) is -4.47. The first kappa shape index (κ1) is 26.3. The van der Waals surface area contributed by atoms with Crippen LogP contribution in [0.5, 0.6) is 5.75 Å². The van der Waals surface area contributed by atoms with Crippen LogP contribution in [0, 0.1) is 12.8 Å². The standard InChI is InChI=1S/C26H26F3NO4S/c1-18(2)16-30(25(31)21-11-7-19(3)8-12-21)17-20-9-13-23(14-10-20)34-35(32,33)24-6-4-5-22(15-24)26(27,28)29/h4-15,18H,16-17H2,1-3H3. The molecule has 35 heavy (non-hydrogen) atoms. The number of amides is 1.